The minimum Gasteiger partial charge on any atom is -0.497 e. The summed E-state index contributed by atoms with van der Waals surface area (Å²) in [7, 11) is 3.67. The second-order valence-electron chi connectivity index (χ2n) is 12.5. The van der Waals surface area contributed by atoms with Crippen LogP contribution >= 0.6 is 0 Å². The number of anilines is 2. The van der Waals surface area contributed by atoms with Crippen LogP contribution in [0.4, 0.5) is 16.2 Å². The lowest BCUT2D eigenvalue weighted by molar-refractivity contribution is -0.0177. The molecule has 4 rings (SSSR count). The second kappa shape index (κ2) is 17.7. The lowest BCUT2D eigenvalue weighted by atomic mass is 10.0. The topological polar surface area (TPSA) is 113 Å². The van der Waals surface area contributed by atoms with Gasteiger partial charge < -0.3 is 34.9 Å². The minimum absolute atomic E-state index is 0.0333. The molecule has 254 valence electrons. The maximum absolute atomic E-state index is 14.4. The third-order valence-electron chi connectivity index (χ3n) is 8.44. The molecule has 0 spiro atoms. The van der Waals surface area contributed by atoms with Gasteiger partial charge in [-0.3, -0.25) is 9.69 Å². The fourth-order valence-electron chi connectivity index (χ4n) is 5.70. The van der Waals surface area contributed by atoms with E-state index in [1.54, 1.807) is 54.5 Å². The number of nitrogens with zero attached hydrogens (tertiary/aromatic N) is 2. The number of carbonyl (C=O) groups is 2. The van der Waals surface area contributed by atoms with E-state index in [1.165, 1.54) is 5.56 Å². The van der Waals surface area contributed by atoms with Gasteiger partial charge in [-0.05, 0) is 88.2 Å². The minimum atomic E-state index is -0.458. The van der Waals surface area contributed by atoms with Crippen molar-refractivity contribution in [1.29, 1.82) is 0 Å². The van der Waals surface area contributed by atoms with Crippen molar-refractivity contribution in [3.05, 3.63) is 83.9 Å². The van der Waals surface area contributed by atoms with Crippen LogP contribution < -0.4 is 20.1 Å². The van der Waals surface area contributed by atoms with E-state index >= 15 is 0 Å². The Morgan fingerprint density at radius 1 is 1.04 bits per heavy atom. The molecule has 10 heteroatoms. The monoisotopic (exact) mass is 646 g/mol. The summed E-state index contributed by atoms with van der Waals surface area (Å²) in [6.07, 6.45) is 2.34. The Balaban J connectivity index is 1.57. The van der Waals surface area contributed by atoms with Crippen molar-refractivity contribution >= 4 is 23.3 Å². The van der Waals surface area contributed by atoms with Gasteiger partial charge in [-0.1, -0.05) is 37.3 Å². The SMILES string of the molecule is COc1ccc(NC(=O)Nc2ccc3c(c2)C(=O)N([C@H](C)CO)C[C@H](C)[C@@H](CN(C)Cc2ccccc2)OCCCC[C@@H](C)O3)cc1. The number of urea groups is 1. The molecule has 47 heavy (non-hydrogen) atoms. The van der Waals surface area contributed by atoms with Gasteiger partial charge >= 0.3 is 6.03 Å². The highest BCUT2D eigenvalue weighted by Gasteiger charge is 2.30. The molecule has 0 bridgehead atoms. The first-order valence-electron chi connectivity index (χ1n) is 16.5. The summed E-state index contributed by atoms with van der Waals surface area (Å²) in [6, 6.07) is 21.5. The first-order valence-corrected chi connectivity index (χ1v) is 16.5. The molecule has 3 N–H and O–H groups in total. The zero-order valence-electron chi connectivity index (χ0n) is 28.3. The number of benzene rings is 3. The maximum atomic E-state index is 14.4. The second-order valence-corrected chi connectivity index (χ2v) is 12.5. The average molecular weight is 647 g/mol. The van der Waals surface area contributed by atoms with Crippen LogP contribution in [-0.4, -0.2) is 85.6 Å². The Morgan fingerprint density at radius 2 is 1.74 bits per heavy atom. The summed E-state index contributed by atoms with van der Waals surface area (Å²) in [5.41, 5.74) is 2.58. The Bertz CT molecular complexity index is 1420. The first-order chi connectivity index (χ1) is 22.7. The fourth-order valence-corrected chi connectivity index (χ4v) is 5.70. The molecule has 3 amide bonds. The molecule has 0 aromatic heterocycles. The highest BCUT2D eigenvalue weighted by molar-refractivity contribution is 6.02. The number of likely N-dealkylation sites (N-methyl/N-ethyl adjacent to an activating group) is 1. The van der Waals surface area contributed by atoms with E-state index in [0.29, 0.717) is 48.1 Å². The van der Waals surface area contributed by atoms with Gasteiger partial charge in [-0.25, -0.2) is 4.79 Å². The normalized spacial score (nSPS) is 20.0. The summed E-state index contributed by atoms with van der Waals surface area (Å²) in [6.45, 7) is 8.19. The van der Waals surface area contributed by atoms with Crippen molar-refractivity contribution in [3.8, 4) is 11.5 Å². The number of hydrogen-bond acceptors (Lipinski definition) is 7. The van der Waals surface area contributed by atoms with Crippen LogP contribution in [-0.2, 0) is 11.3 Å². The largest absolute Gasteiger partial charge is 0.497 e. The summed E-state index contributed by atoms with van der Waals surface area (Å²) in [4.78, 5) is 31.2. The first kappa shape index (κ1) is 35.7. The molecular formula is C37H50N4O6. The van der Waals surface area contributed by atoms with Gasteiger partial charge in [0.05, 0.1) is 37.5 Å². The van der Waals surface area contributed by atoms with Crippen LogP contribution in [0.5, 0.6) is 11.5 Å². The number of aliphatic hydroxyl groups is 1. The van der Waals surface area contributed by atoms with E-state index < -0.39 is 12.1 Å². The molecular weight excluding hydrogens is 596 g/mol. The van der Waals surface area contributed by atoms with Crippen molar-refractivity contribution in [2.45, 2.75) is 64.8 Å². The van der Waals surface area contributed by atoms with E-state index in [9.17, 15) is 14.7 Å². The predicted octanol–water partition coefficient (Wildman–Crippen LogP) is 6.27. The number of carbonyl (C=O) groups excluding carboxylic acids is 2. The smallest absolute Gasteiger partial charge is 0.323 e. The highest BCUT2D eigenvalue weighted by Crippen LogP contribution is 2.29. The van der Waals surface area contributed by atoms with Crippen LogP contribution in [0.3, 0.4) is 0 Å². The molecule has 0 fully saturated rings. The van der Waals surface area contributed by atoms with Crippen LogP contribution in [0, 0.1) is 5.92 Å². The van der Waals surface area contributed by atoms with Crippen molar-refractivity contribution in [3.63, 3.8) is 0 Å². The summed E-state index contributed by atoms with van der Waals surface area (Å²) < 4.78 is 18.0. The van der Waals surface area contributed by atoms with E-state index in [0.717, 1.165) is 25.8 Å². The molecule has 0 aliphatic carbocycles. The van der Waals surface area contributed by atoms with Crippen LogP contribution in [0.15, 0.2) is 72.8 Å². The molecule has 0 unspecified atom stereocenters. The number of methoxy groups -OCH3 is 1. The molecule has 3 aromatic carbocycles. The third-order valence-corrected chi connectivity index (χ3v) is 8.44. The lowest BCUT2D eigenvalue weighted by Gasteiger charge is -2.36. The van der Waals surface area contributed by atoms with Gasteiger partial charge in [0.2, 0.25) is 0 Å². The Hall–Kier alpha value is -4.12. The Kier molecular flexibility index (Phi) is 13.5. The zero-order valence-corrected chi connectivity index (χ0v) is 28.3. The highest BCUT2D eigenvalue weighted by atomic mass is 16.5. The molecule has 3 aromatic rings. The van der Waals surface area contributed by atoms with Gasteiger partial charge in [0, 0.05) is 43.5 Å². The van der Waals surface area contributed by atoms with E-state index in [2.05, 4.69) is 41.6 Å². The van der Waals surface area contributed by atoms with E-state index in [4.69, 9.17) is 14.2 Å². The number of aliphatic hydroxyl groups excluding tert-OH is 1. The van der Waals surface area contributed by atoms with E-state index in [-0.39, 0.29) is 30.6 Å². The molecule has 0 radical (unpaired) electrons. The summed E-state index contributed by atoms with van der Waals surface area (Å²) in [5.74, 6) is 0.809. The Labute approximate surface area is 279 Å². The van der Waals surface area contributed by atoms with Crippen LogP contribution in [0.1, 0.15) is 56.0 Å². The van der Waals surface area contributed by atoms with Gasteiger partial charge in [-0.15, -0.1) is 0 Å². The quantitative estimate of drug-likeness (QED) is 0.251. The maximum Gasteiger partial charge on any atom is 0.323 e. The number of rotatable bonds is 9. The van der Waals surface area contributed by atoms with Crippen molar-refractivity contribution < 1.29 is 28.9 Å². The van der Waals surface area contributed by atoms with Gasteiger partial charge in [0.25, 0.3) is 5.91 Å². The molecule has 1 aliphatic rings. The molecule has 0 saturated heterocycles. The van der Waals surface area contributed by atoms with Gasteiger partial charge in [0.1, 0.15) is 11.5 Å². The lowest BCUT2D eigenvalue weighted by Crippen LogP contribution is -2.47. The summed E-state index contributed by atoms with van der Waals surface area (Å²) >= 11 is 0. The molecule has 0 saturated carbocycles. The number of nitrogens with one attached hydrogen (secondary N) is 2. The van der Waals surface area contributed by atoms with Crippen molar-refractivity contribution in [1.82, 2.24) is 9.80 Å². The fraction of sp³-hybridized carbons (Fsp3) is 0.459. The van der Waals surface area contributed by atoms with Crippen LogP contribution in [0.25, 0.3) is 0 Å². The average Bonchev–Trinajstić information content (AvgIpc) is 3.06. The molecule has 4 atom stereocenters. The van der Waals surface area contributed by atoms with Gasteiger partial charge in [0.15, 0.2) is 0 Å². The van der Waals surface area contributed by atoms with E-state index in [1.807, 2.05) is 32.0 Å². The predicted molar refractivity (Wildman–Crippen MR) is 185 cm³/mol. The van der Waals surface area contributed by atoms with Crippen molar-refractivity contribution in [2.75, 3.05) is 51.1 Å². The zero-order chi connectivity index (χ0) is 33.8. The van der Waals surface area contributed by atoms with Crippen molar-refractivity contribution in [2.24, 2.45) is 5.92 Å². The summed E-state index contributed by atoms with van der Waals surface area (Å²) in [5, 5.41) is 15.9. The molecule has 1 heterocycles. The third kappa shape index (κ3) is 10.7. The molecule has 10 nitrogen and oxygen atoms in total. The molecule has 1 aliphatic heterocycles. The number of amides is 3. The Morgan fingerprint density at radius 3 is 2.45 bits per heavy atom. The number of ether oxygens (including phenoxy) is 3. The number of hydrogen-bond donors (Lipinski definition) is 3. The number of fused-ring (bicyclic) bond motifs is 1. The van der Waals surface area contributed by atoms with Gasteiger partial charge in [-0.2, -0.15) is 0 Å². The van der Waals surface area contributed by atoms with Crippen LogP contribution in [0.2, 0.25) is 0 Å². The standard InChI is InChI=1S/C37H50N4O6/c1-26-22-41(27(2)25-42)36(43)33-21-31(39-37(44)38-30-14-17-32(45-5)18-15-30)16-19-34(33)47-28(3)11-9-10-20-46-35(26)24-40(4)23-29-12-7-6-8-13-29/h6-8,12-19,21,26-28,35,42H,9-11,20,22-25H2,1-5H3,(H2,38,39,44)/t26-,27+,28+,35+/m0/s1.